The van der Waals surface area contributed by atoms with E-state index < -0.39 is 11.6 Å². The van der Waals surface area contributed by atoms with Crippen molar-refractivity contribution in [3.8, 4) is 28.3 Å². The first-order valence-electron chi connectivity index (χ1n) is 11.9. The number of epoxide rings is 1. The van der Waals surface area contributed by atoms with Gasteiger partial charge in [0.05, 0.1) is 6.10 Å². The molecule has 1 N–H and O–H groups in total. The average molecular weight is 468 g/mol. The van der Waals surface area contributed by atoms with E-state index in [9.17, 15) is 4.79 Å². The number of aliphatic carboxylic acids is 1. The topological polar surface area (TPSA) is 85.1 Å². The maximum atomic E-state index is 10.9. The lowest BCUT2D eigenvalue weighted by Crippen LogP contribution is -2.22. The van der Waals surface area contributed by atoms with Gasteiger partial charge < -0.3 is 19.0 Å². The first-order chi connectivity index (χ1) is 17.1. The van der Waals surface area contributed by atoms with Crippen molar-refractivity contribution >= 4 is 5.97 Å². The van der Waals surface area contributed by atoms with Gasteiger partial charge in [0.15, 0.2) is 18.0 Å². The van der Waals surface area contributed by atoms with E-state index in [1.54, 1.807) is 6.07 Å². The Morgan fingerprint density at radius 2 is 1.71 bits per heavy atom. The molecule has 0 bridgehead atoms. The van der Waals surface area contributed by atoms with E-state index in [2.05, 4.69) is 0 Å². The zero-order chi connectivity index (χ0) is 23.8. The smallest absolute Gasteiger partial charge is 0.341 e. The van der Waals surface area contributed by atoms with Crippen LogP contribution in [0.4, 0.5) is 0 Å². The number of rotatable bonds is 8. The van der Waals surface area contributed by atoms with Crippen LogP contribution in [0, 0.1) is 5.92 Å². The number of carbonyl (C=O) groups is 1. The molecule has 1 aromatic heterocycles. The van der Waals surface area contributed by atoms with Crippen LogP contribution >= 0.6 is 0 Å². The average Bonchev–Trinajstić information content (AvgIpc) is 3.27. The van der Waals surface area contributed by atoms with Crippen LogP contribution in [0.15, 0.2) is 89.3 Å². The van der Waals surface area contributed by atoms with Gasteiger partial charge in [-0.05, 0) is 37.0 Å². The Balaban J connectivity index is 1.33. The van der Waals surface area contributed by atoms with Gasteiger partial charge in [0.25, 0.3) is 0 Å². The third-order valence-corrected chi connectivity index (χ3v) is 6.93. The van der Waals surface area contributed by atoms with Gasteiger partial charge in [0.1, 0.15) is 11.4 Å². The summed E-state index contributed by atoms with van der Waals surface area (Å²) in [5, 5.41) is 8.90. The first-order valence-corrected chi connectivity index (χ1v) is 11.9. The van der Waals surface area contributed by atoms with E-state index in [4.69, 9.17) is 24.0 Å². The van der Waals surface area contributed by atoms with Gasteiger partial charge in [-0.15, -0.1) is 0 Å². The normalized spacial score (nSPS) is 22.5. The first kappa shape index (κ1) is 21.6. The highest BCUT2D eigenvalue weighted by Gasteiger charge is 2.69. The number of aromatic nitrogens is 1. The third-order valence-electron chi connectivity index (χ3n) is 6.93. The van der Waals surface area contributed by atoms with Crippen molar-refractivity contribution in [3.63, 3.8) is 0 Å². The molecule has 0 radical (unpaired) electrons. The molecule has 0 amide bonds. The van der Waals surface area contributed by atoms with Gasteiger partial charge in [-0.1, -0.05) is 72.8 Å². The van der Waals surface area contributed by atoms with Gasteiger partial charge in [0, 0.05) is 17.0 Å². The Morgan fingerprint density at radius 1 is 0.971 bits per heavy atom. The Kier molecular flexibility index (Phi) is 5.38. The lowest BCUT2D eigenvalue weighted by atomic mass is 9.88. The Hall–Kier alpha value is -3.90. The number of oxazole rings is 1. The molecule has 35 heavy (non-hydrogen) atoms. The van der Waals surface area contributed by atoms with Crippen LogP contribution in [0.2, 0.25) is 0 Å². The lowest BCUT2D eigenvalue weighted by molar-refractivity contribution is -0.139. The number of ether oxygens (including phenoxy) is 2. The van der Waals surface area contributed by atoms with Crippen LogP contribution in [-0.4, -0.2) is 28.8 Å². The standard InChI is InChI=1S/C29H25NO5/c31-25(32)18-33-23-13-7-8-19(17-23)16-22-14-15-24-29(22,35-24)28-30-26(20-9-3-1-4-10-20)27(34-28)21-11-5-2-6-12-21/h1-13,17,22,24H,14-16,18H2,(H,31,32)/t22-,24?,29?/m0/s1. The number of hydrogen-bond donors (Lipinski definition) is 1. The number of benzene rings is 3. The molecule has 2 aliphatic rings. The van der Waals surface area contributed by atoms with Crippen molar-refractivity contribution in [1.82, 2.24) is 4.98 Å². The fourth-order valence-electron chi connectivity index (χ4n) is 5.27. The molecule has 176 valence electrons. The summed E-state index contributed by atoms with van der Waals surface area (Å²) < 4.78 is 18.2. The summed E-state index contributed by atoms with van der Waals surface area (Å²) in [5.41, 5.74) is 3.36. The van der Waals surface area contributed by atoms with Crippen molar-refractivity contribution in [2.75, 3.05) is 6.61 Å². The Labute approximate surface area is 203 Å². The quantitative estimate of drug-likeness (QED) is 0.334. The van der Waals surface area contributed by atoms with Crippen molar-refractivity contribution in [2.24, 2.45) is 5.92 Å². The van der Waals surface area contributed by atoms with E-state index in [0.717, 1.165) is 47.4 Å². The second-order valence-corrected chi connectivity index (χ2v) is 9.14. The molecule has 1 aliphatic heterocycles. The second kappa shape index (κ2) is 8.71. The summed E-state index contributed by atoms with van der Waals surface area (Å²) in [6.45, 7) is -0.358. The fourth-order valence-corrected chi connectivity index (χ4v) is 5.27. The maximum Gasteiger partial charge on any atom is 0.341 e. The van der Waals surface area contributed by atoms with Crippen molar-refractivity contribution in [1.29, 1.82) is 0 Å². The predicted molar refractivity (Wildman–Crippen MR) is 130 cm³/mol. The number of nitrogens with zero attached hydrogens (tertiary/aromatic N) is 1. The zero-order valence-corrected chi connectivity index (χ0v) is 19.1. The highest BCUT2D eigenvalue weighted by molar-refractivity contribution is 5.77. The highest BCUT2D eigenvalue weighted by atomic mass is 16.6. The zero-order valence-electron chi connectivity index (χ0n) is 19.1. The summed E-state index contributed by atoms with van der Waals surface area (Å²) in [6, 6.07) is 27.8. The van der Waals surface area contributed by atoms with Crippen LogP contribution < -0.4 is 4.74 Å². The van der Waals surface area contributed by atoms with Crippen molar-refractivity contribution in [3.05, 3.63) is 96.4 Å². The summed E-state index contributed by atoms with van der Waals surface area (Å²) in [7, 11) is 0. The monoisotopic (exact) mass is 467 g/mol. The molecule has 6 rings (SSSR count). The number of carboxylic acids is 1. The third kappa shape index (κ3) is 4.00. The molecule has 2 heterocycles. The van der Waals surface area contributed by atoms with Crippen LogP contribution in [0.5, 0.6) is 5.75 Å². The number of fused-ring (bicyclic) bond motifs is 1. The van der Waals surface area contributed by atoms with Crippen molar-refractivity contribution < 1.29 is 23.8 Å². The van der Waals surface area contributed by atoms with E-state index in [-0.39, 0.29) is 18.6 Å². The summed E-state index contributed by atoms with van der Waals surface area (Å²) in [5.74, 6) is 1.16. The SMILES string of the molecule is O=C(O)COc1cccc(C[C@@H]2CCC3OC32c2nc(-c3ccccc3)c(-c3ccccc3)o2)c1. The minimum Gasteiger partial charge on any atom is -0.482 e. The Bertz CT molecular complexity index is 1290. The van der Waals surface area contributed by atoms with E-state index in [1.807, 2.05) is 78.9 Å². The van der Waals surface area contributed by atoms with Crippen LogP contribution in [0.3, 0.4) is 0 Å². The molecule has 6 nitrogen and oxygen atoms in total. The summed E-state index contributed by atoms with van der Waals surface area (Å²) in [6.07, 6.45) is 2.84. The van der Waals surface area contributed by atoms with Crippen LogP contribution in [0.25, 0.3) is 22.6 Å². The summed E-state index contributed by atoms with van der Waals surface area (Å²) >= 11 is 0. The lowest BCUT2D eigenvalue weighted by Gasteiger charge is -2.18. The minimum absolute atomic E-state index is 0.102. The van der Waals surface area contributed by atoms with Gasteiger partial charge in [-0.2, -0.15) is 0 Å². The molecule has 1 saturated heterocycles. The van der Waals surface area contributed by atoms with Crippen molar-refractivity contribution in [2.45, 2.75) is 31.0 Å². The van der Waals surface area contributed by atoms with E-state index in [0.29, 0.717) is 11.6 Å². The summed E-state index contributed by atoms with van der Waals surface area (Å²) in [4.78, 5) is 15.9. The molecule has 2 fully saturated rings. The number of hydrogen-bond acceptors (Lipinski definition) is 5. The van der Waals surface area contributed by atoms with E-state index in [1.165, 1.54) is 0 Å². The molecule has 2 unspecified atom stereocenters. The minimum atomic E-state index is -0.994. The fraction of sp³-hybridized carbons (Fsp3) is 0.241. The number of carboxylic acid groups (broad SMARTS) is 1. The van der Waals surface area contributed by atoms with Gasteiger partial charge in [-0.25, -0.2) is 9.78 Å². The highest BCUT2D eigenvalue weighted by Crippen LogP contribution is 2.62. The maximum absolute atomic E-state index is 10.9. The Morgan fingerprint density at radius 3 is 2.43 bits per heavy atom. The van der Waals surface area contributed by atoms with Gasteiger partial charge >= 0.3 is 5.97 Å². The predicted octanol–water partition coefficient (Wildman–Crippen LogP) is 5.72. The molecule has 6 heteroatoms. The molecule has 3 atom stereocenters. The molecular weight excluding hydrogens is 442 g/mol. The van der Waals surface area contributed by atoms with Crippen LogP contribution in [0.1, 0.15) is 24.3 Å². The largest absolute Gasteiger partial charge is 0.482 e. The van der Waals surface area contributed by atoms with Gasteiger partial charge in [-0.3, -0.25) is 0 Å². The molecule has 0 spiro atoms. The molecule has 1 aliphatic carbocycles. The molecule has 1 saturated carbocycles. The molecular formula is C29H25NO5. The second-order valence-electron chi connectivity index (χ2n) is 9.14. The molecule has 4 aromatic rings. The van der Waals surface area contributed by atoms with Gasteiger partial charge in [0.2, 0.25) is 5.89 Å². The van der Waals surface area contributed by atoms with Crippen LogP contribution in [-0.2, 0) is 21.6 Å². The molecule has 3 aromatic carbocycles. The van der Waals surface area contributed by atoms with E-state index >= 15 is 0 Å².